The number of thiophene rings is 1. The standard InChI is InChI=1S/C18H19Cl2N3O2S/c1-3-11(9-24)21-17(25)16-7-12-10(2)22-23(18(12)26-16)8-13-14(19)5-4-6-15(13)20/h4-7,11,24H,3,8-9H2,1-2H3,(H,21,25). The maximum Gasteiger partial charge on any atom is 0.261 e. The summed E-state index contributed by atoms with van der Waals surface area (Å²) in [6.07, 6.45) is 0.672. The molecule has 0 aliphatic carbocycles. The molecule has 1 amide bonds. The van der Waals surface area contributed by atoms with Gasteiger partial charge in [0.1, 0.15) is 4.83 Å². The van der Waals surface area contributed by atoms with E-state index in [0.717, 1.165) is 21.5 Å². The van der Waals surface area contributed by atoms with Crippen molar-refractivity contribution >= 4 is 50.7 Å². The average Bonchev–Trinajstić information content (AvgIpc) is 3.17. The number of benzene rings is 1. The Kier molecular flexibility index (Phi) is 5.87. The van der Waals surface area contributed by atoms with Crippen LogP contribution in [0.2, 0.25) is 10.0 Å². The van der Waals surface area contributed by atoms with E-state index in [1.54, 1.807) is 18.2 Å². The summed E-state index contributed by atoms with van der Waals surface area (Å²) in [6, 6.07) is 6.99. The number of aliphatic hydroxyl groups is 1. The van der Waals surface area contributed by atoms with E-state index in [4.69, 9.17) is 23.2 Å². The third-order valence-electron chi connectivity index (χ3n) is 4.25. The maximum atomic E-state index is 12.4. The van der Waals surface area contributed by atoms with Gasteiger partial charge in [-0.3, -0.25) is 4.79 Å². The Balaban J connectivity index is 1.94. The number of aliphatic hydroxyl groups excluding tert-OH is 1. The predicted octanol–water partition coefficient (Wildman–Crippen LogP) is 4.26. The molecule has 8 heteroatoms. The van der Waals surface area contributed by atoms with Crippen LogP contribution in [-0.4, -0.2) is 33.4 Å². The molecule has 3 rings (SSSR count). The summed E-state index contributed by atoms with van der Waals surface area (Å²) in [5, 5.41) is 18.8. The fourth-order valence-electron chi connectivity index (χ4n) is 2.70. The van der Waals surface area contributed by atoms with Crippen LogP contribution in [0.3, 0.4) is 0 Å². The molecule has 2 aromatic heterocycles. The van der Waals surface area contributed by atoms with Crippen molar-refractivity contribution in [1.82, 2.24) is 15.1 Å². The number of amides is 1. The van der Waals surface area contributed by atoms with Crippen LogP contribution >= 0.6 is 34.5 Å². The zero-order valence-electron chi connectivity index (χ0n) is 14.4. The summed E-state index contributed by atoms with van der Waals surface area (Å²) in [6.45, 7) is 4.18. The second-order valence-corrected chi connectivity index (χ2v) is 7.88. The van der Waals surface area contributed by atoms with Crippen molar-refractivity contribution in [2.75, 3.05) is 6.61 Å². The quantitative estimate of drug-likeness (QED) is 0.636. The monoisotopic (exact) mass is 411 g/mol. The predicted molar refractivity (Wildman–Crippen MR) is 107 cm³/mol. The van der Waals surface area contributed by atoms with Crippen LogP contribution in [0.1, 0.15) is 34.3 Å². The first-order chi connectivity index (χ1) is 12.4. The Morgan fingerprint density at radius 1 is 1.38 bits per heavy atom. The van der Waals surface area contributed by atoms with Crippen molar-refractivity contribution in [2.24, 2.45) is 0 Å². The van der Waals surface area contributed by atoms with Crippen molar-refractivity contribution < 1.29 is 9.90 Å². The lowest BCUT2D eigenvalue weighted by Gasteiger charge is -2.12. The molecular weight excluding hydrogens is 393 g/mol. The van der Waals surface area contributed by atoms with Gasteiger partial charge in [-0.15, -0.1) is 11.3 Å². The molecule has 26 heavy (non-hydrogen) atoms. The van der Waals surface area contributed by atoms with Crippen molar-refractivity contribution in [1.29, 1.82) is 0 Å². The molecule has 2 heterocycles. The van der Waals surface area contributed by atoms with E-state index in [1.165, 1.54) is 11.3 Å². The number of carbonyl (C=O) groups is 1. The number of halogens is 2. The Morgan fingerprint density at radius 2 is 2.08 bits per heavy atom. The van der Waals surface area contributed by atoms with Crippen molar-refractivity contribution in [3.63, 3.8) is 0 Å². The largest absolute Gasteiger partial charge is 0.394 e. The van der Waals surface area contributed by atoms with E-state index in [-0.39, 0.29) is 18.6 Å². The number of aryl methyl sites for hydroxylation is 1. The van der Waals surface area contributed by atoms with Crippen LogP contribution in [0.15, 0.2) is 24.3 Å². The molecule has 0 saturated carbocycles. The highest BCUT2D eigenvalue weighted by Gasteiger charge is 2.19. The third kappa shape index (κ3) is 3.74. The van der Waals surface area contributed by atoms with E-state index in [9.17, 15) is 9.90 Å². The van der Waals surface area contributed by atoms with Gasteiger partial charge in [0.05, 0.1) is 29.8 Å². The van der Waals surface area contributed by atoms with Gasteiger partial charge in [0.25, 0.3) is 5.91 Å². The van der Waals surface area contributed by atoms with Gasteiger partial charge >= 0.3 is 0 Å². The minimum atomic E-state index is -0.243. The van der Waals surface area contributed by atoms with Gasteiger partial charge in [-0.2, -0.15) is 5.10 Å². The van der Waals surface area contributed by atoms with Gasteiger partial charge < -0.3 is 10.4 Å². The van der Waals surface area contributed by atoms with Gasteiger partial charge in [-0.25, -0.2) is 4.68 Å². The highest BCUT2D eigenvalue weighted by atomic mass is 35.5. The molecule has 0 bridgehead atoms. The number of rotatable bonds is 6. The summed E-state index contributed by atoms with van der Waals surface area (Å²) in [7, 11) is 0. The van der Waals surface area contributed by atoms with Gasteiger partial charge in [0.15, 0.2) is 0 Å². The molecule has 0 aliphatic heterocycles. The number of nitrogens with one attached hydrogen (secondary N) is 1. The highest BCUT2D eigenvalue weighted by Crippen LogP contribution is 2.31. The summed E-state index contributed by atoms with van der Waals surface area (Å²) in [4.78, 5) is 13.9. The Morgan fingerprint density at radius 3 is 2.69 bits per heavy atom. The topological polar surface area (TPSA) is 67.2 Å². The summed E-state index contributed by atoms with van der Waals surface area (Å²) in [5.41, 5.74) is 1.64. The molecule has 0 fully saturated rings. The van der Waals surface area contributed by atoms with Crippen LogP contribution in [0.25, 0.3) is 10.2 Å². The molecule has 1 aromatic carbocycles. The molecule has 1 atom stereocenters. The lowest BCUT2D eigenvalue weighted by Crippen LogP contribution is -2.36. The fraction of sp³-hybridized carbons (Fsp3) is 0.333. The molecule has 2 N–H and O–H groups in total. The smallest absolute Gasteiger partial charge is 0.261 e. The SMILES string of the molecule is CCC(CO)NC(=O)c1cc2c(C)nn(Cc3c(Cl)cccc3Cl)c2s1. The van der Waals surface area contributed by atoms with E-state index >= 15 is 0 Å². The second-order valence-electron chi connectivity index (χ2n) is 6.03. The van der Waals surface area contributed by atoms with Crippen LogP contribution in [0.4, 0.5) is 0 Å². The van der Waals surface area contributed by atoms with Gasteiger partial charge in [-0.05, 0) is 31.5 Å². The maximum absolute atomic E-state index is 12.4. The van der Waals surface area contributed by atoms with Gasteiger partial charge in [-0.1, -0.05) is 36.2 Å². The summed E-state index contributed by atoms with van der Waals surface area (Å²) in [5.74, 6) is -0.186. The lowest BCUT2D eigenvalue weighted by molar-refractivity contribution is 0.0919. The van der Waals surface area contributed by atoms with Crippen molar-refractivity contribution in [2.45, 2.75) is 32.9 Å². The molecular formula is C18H19Cl2N3O2S. The average molecular weight is 412 g/mol. The molecule has 0 spiro atoms. The summed E-state index contributed by atoms with van der Waals surface area (Å²) < 4.78 is 1.82. The first-order valence-corrected chi connectivity index (χ1v) is 9.83. The molecule has 138 valence electrons. The number of aromatic nitrogens is 2. The Labute approximate surface area is 165 Å². The third-order valence-corrected chi connectivity index (χ3v) is 6.10. The minimum absolute atomic E-state index is 0.0784. The Bertz CT molecular complexity index is 927. The minimum Gasteiger partial charge on any atom is -0.394 e. The van der Waals surface area contributed by atoms with Gasteiger partial charge in [0, 0.05) is 21.0 Å². The first-order valence-electron chi connectivity index (χ1n) is 8.26. The molecule has 5 nitrogen and oxygen atoms in total. The van der Waals surface area contributed by atoms with E-state index in [1.807, 2.05) is 24.6 Å². The van der Waals surface area contributed by atoms with E-state index < -0.39 is 0 Å². The highest BCUT2D eigenvalue weighted by molar-refractivity contribution is 7.20. The number of nitrogens with zero attached hydrogens (tertiary/aromatic N) is 2. The lowest BCUT2D eigenvalue weighted by atomic mass is 10.2. The summed E-state index contributed by atoms with van der Waals surface area (Å²) >= 11 is 13.9. The van der Waals surface area contributed by atoms with Crippen LogP contribution in [-0.2, 0) is 6.54 Å². The van der Waals surface area contributed by atoms with Crippen molar-refractivity contribution in [3.8, 4) is 0 Å². The van der Waals surface area contributed by atoms with Crippen LogP contribution in [0, 0.1) is 6.92 Å². The number of hydrogen-bond donors (Lipinski definition) is 2. The number of hydrogen-bond acceptors (Lipinski definition) is 4. The van der Waals surface area contributed by atoms with E-state index in [0.29, 0.717) is 27.9 Å². The zero-order valence-corrected chi connectivity index (χ0v) is 16.8. The zero-order chi connectivity index (χ0) is 18.8. The van der Waals surface area contributed by atoms with Crippen LogP contribution in [0.5, 0.6) is 0 Å². The number of carbonyl (C=O) groups excluding carboxylic acids is 1. The van der Waals surface area contributed by atoms with E-state index in [2.05, 4.69) is 10.4 Å². The first kappa shape index (κ1) is 19.2. The van der Waals surface area contributed by atoms with Gasteiger partial charge in [0.2, 0.25) is 0 Å². The number of fused-ring (bicyclic) bond motifs is 1. The molecule has 0 saturated heterocycles. The molecule has 3 aromatic rings. The Hall–Kier alpha value is -1.60. The van der Waals surface area contributed by atoms with Crippen molar-refractivity contribution in [3.05, 3.63) is 50.4 Å². The molecule has 1 unspecified atom stereocenters. The molecule has 0 aliphatic rings. The molecule has 0 radical (unpaired) electrons. The second kappa shape index (κ2) is 7.96. The normalized spacial score (nSPS) is 12.5. The fourth-order valence-corrected chi connectivity index (χ4v) is 4.28. The van der Waals surface area contributed by atoms with Crippen LogP contribution < -0.4 is 5.32 Å².